The van der Waals surface area contributed by atoms with Crippen LogP contribution in [0.15, 0.2) is 77.2 Å². The van der Waals surface area contributed by atoms with Crippen molar-refractivity contribution in [3.8, 4) is 5.82 Å². The number of aromatic nitrogens is 3. The maximum Gasteiger partial charge on any atom is 0.262 e. The third kappa shape index (κ3) is 5.12. The maximum absolute atomic E-state index is 13.3. The minimum atomic E-state index is -3.73. The molecular weight excluding hydrogens is 452 g/mol. The average molecular weight is 479 g/mol. The number of sulfonamides is 1. The van der Waals surface area contributed by atoms with Gasteiger partial charge in [0.15, 0.2) is 5.16 Å². The molecule has 0 atom stereocenters. The summed E-state index contributed by atoms with van der Waals surface area (Å²) in [6, 6.07) is 15.2. The largest absolute Gasteiger partial charge is 0.279 e. The van der Waals surface area contributed by atoms with Crippen LogP contribution in [0.25, 0.3) is 5.82 Å². The normalized spacial score (nSPS) is 11.5. The van der Waals surface area contributed by atoms with Gasteiger partial charge in [-0.1, -0.05) is 47.7 Å². The van der Waals surface area contributed by atoms with Gasteiger partial charge in [-0.15, -0.1) is 0 Å². The van der Waals surface area contributed by atoms with Crippen molar-refractivity contribution in [2.24, 2.45) is 0 Å². The van der Waals surface area contributed by atoms with E-state index in [1.165, 1.54) is 11.8 Å². The number of hydrogen-bond donors (Lipinski definition) is 1. The zero-order valence-corrected chi connectivity index (χ0v) is 20.7. The first-order valence-corrected chi connectivity index (χ1v) is 13.0. The van der Waals surface area contributed by atoms with Crippen LogP contribution in [-0.4, -0.2) is 23.0 Å². The first-order chi connectivity index (χ1) is 15.7. The predicted molar refractivity (Wildman–Crippen MR) is 134 cm³/mol. The van der Waals surface area contributed by atoms with Crippen LogP contribution in [-0.2, 0) is 15.8 Å². The van der Waals surface area contributed by atoms with Crippen molar-refractivity contribution in [2.45, 2.75) is 43.5 Å². The highest BCUT2D eigenvalue weighted by atomic mass is 32.2. The molecular formula is C25H26N4O2S2. The number of hydrogen-bond acceptors (Lipinski definition) is 5. The Morgan fingerprint density at radius 3 is 2.36 bits per heavy atom. The highest BCUT2D eigenvalue weighted by molar-refractivity contribution is 7.98. The molecule has 0 fully saturated rings. The number of imidazole rings is 1. The number of rotatable bonds is 7. The van der Waals surface area contributed by atoms with E-state index in [0.29, 0.717) is 16.3 Å². The summed E-state index contributed by atoms with van der Waals surface area (Å²) in [7, 11) is -3.73. The fraction of sp³-hybridized carbons (Fsp3) is 0.200. The zero-order valence-electron chi connectivity index (χ0n) is 19.0. The number of aryl methyl sites for hydroxylation is 4. The molecule has 2 heterocycles. The average Bonchev–Trinajstić information content (AvgIpc) is 3.20. The lowest BCUT2D eigenvalue weighted by Gasteiger charge is -2.16. The Balaban J connectivity index is 1.58. The first-order valence-electron chi connectivity index (χ1n) is 10.5. The van der Waals surface area contributed by atoms with Crippen molar-refractivity contribution in [3.63, 3.8) is 0 Å². The summed E-state index contributed by atoms with van der Waals surface area (Å²) in [6.07, 6.45) is 5.39. The van der Waals surface area contributed by atoms with Crippen LogP contribution in [0.2, 0.25) is 0 Å². The third-order valence-corrected chi connectivity index (χ3v) is 7.93. The highest BCUT2D eigenvalue weighted by Gasteiger charge is 2.21. The van der Waals surface area contributed by atoms with Crippen molar-refractivity contribution in [1.82, 2.24) is 14.5 Å². The topological polar surface area (TPSA) is 76.9 Å². The van der Waals surface area contributed by atoms with Gasteiger partial charge in [0.2, 0.25) is 0 Å². The van der Waals surface area contributed by atoms with E-state index in [2.05, 4.69) is 14.7 Å². The van der Waals surface area contributed by atoms with E-state index in [1.54, 1.807) is 18.5 Å². The number of nitrogens with one attached hydrogen (secondary N) is 1. The van der Waals surface area contributed by atoms with E-state index in [-0.39, 0.29) is 0 Å². The number of para-hydroxylation sites is 1. The summed E-state index contributed by atoms with van der Waals surface area (Å²) in [5, 5.41) is 0.788. The second-order valence-corrected chi connectivity index (χ2v) is 10.6. The summed E-state index contributed by atoms with van der Waals surface area (Å²) in [4.78, 5) is 9.24. The minimum absolute atomic E-state index is 0.330. The number of thioether (sulfide) groups is 1. The van der Waals surface area contributed by atoms with Crippen molar-refractivity contribution >= 4 is 27.5 Å². The van der Waals surface area contributed by atoms with Crippen molar-refractivity contribution in [1.29, 1.82) is 0 Å². The molecule has 2 aromatic carbocycles. The molecule has 0 radical (unpaired) electrons. The van der Waals surface area contributed by atoms with Crippen LogP contribution >= 0.6 is 11.8 Å². The molecule has 0 aliphatic carbocycles. The van der Waals surface area contributed by atoms with Gasteiger partial charge < -0.3 is 0 Å². The quantitative estimate of drug-likeness (QED) is 0.350. The molecule has 4 aromatic rings. The molecule has 0 bridgehead atoms. The molecule has 0 saturated heterocycles. The minimum Gasteiger partial charge on any atom is -0.279 e. The molecule has 0 spiro atoms. The lowest BCUT2D eigenvalue weighted by atomic mass is 10.1. The molecule has 6 nitrogen and oxygen atoms in total. The van der Waals surface area contributed by atoms with E-state index in [0.717, 1.165) is 38.8 Å². The summed E-state index contributed by atoms with van der Waals surface area (Å²) < 4.78 is 31.3. The van der Waals surface area contributed by atoms with Crippen molar-refractivity contribution in [3.05, 3.63) is 94.9 Å². The van der Waals surface area contributed by atoms with Gasteiger partial charge in [-0.05, 0) is 68.1 Å². The van der Waals surface area contributed by atoms with Gasteiger partial charge >= 0.3 is 0 Å². The van der Waals surface area contributed by atoms with Crippen LogP contribution in [0, 0.1) is 27.7 Å². The van der Waals surface area contributed by atoms with Crippen molar-refractivity contribution in [2.75, 3.05) is 4.72 Å². The molecule has 0 amide bonds. The Morgan fingerprint density at radius 1 is 0.909 bits per heavy atom. The van der Waals surface area contributed by atoms with E-state index >= 15 is 0 Å². The first kappa shape index (κ1) is 23.1. The number of nitrogens with zero attached hydrogens (tertiary/aromatic N) is 3. The summed E-state index contributed by atoms with van der Waals surface area (Å²) >= 11 is 1.53. The molecule has 4 rings (SSSR count). The molecule has 0 aliphatic heterocycles. The lowest BCUT2D eigenvalue weighted by molar-refractivity contribution is 0.600. The molecule has 1 N–H and O–H groups in total. The molecule has 170 valence electrons. The van der Waals surface area contributed by atoms with Gasteiger partial charge in [0.25, 0.3) is 10.0 Å². The molecule has 0 saturated carbocycles. The lowest BCUT2D eigenvalue weighted by Crippen LogP contribution is -2.17. The van der Waals surface area contributed by atoms with Crippen LogP contribution in [0.3, 0.4) is 0 Å². The maximum atomic E-state index is 13.3. The van der Waals surface area contributed by atoms with Gasteiger partial charge in [-0.3, -0.25) is 9.29 Å². The van der Waals surface area contributed by atoms with E-state index in [1.807, 2.05) is 80.9 Å². The third-order valence-electron chi connectivity index (χ3n) is 5.25. The van der Waals surface area contributed by atoms with Crippen molar-refractivity contribution < 1.29 is 8.42 Å². The molecule has 0 aliphatic rings. The zero-order chi connectivity index (χ0) is 23.6. The van der Waals surface area contributed by atoms with E-state index in [4.69, 9.17) is 0 Å². The SMILES string of the molecule is Cc1ccnc(-n2ccnc2SCc2ccccc2NS(=O)(=O)c2c(C)cc(C)cc2C)c1. The number of anilines is 1. The van der Waals surface area contributed by atoms with Crippen LogP contribution in [0.5, 0.6) is 0 Å². The fourth-order valence-corrected chi connectivity index (χ4v) is 6.42. The summed E-state index contributed by atoms with van der Waals surface area (Å²) in [6.45, 7) is 7.65. The Hall–Kier alpha value is -3.10. The van der Waals surface area contributed by atoms with Gasteiger partial charge in [0.1, 0.15) is 5.82 Å². The summed E-state index contributed by atoms with van der Waals surface area (Å²) in [5.41, 5.74) is 5.07. The van der Waals surface area contributed by atoms with Crippen LogP contribution in [0.1, 0.15) is 27.8 Å². The van der Waals surface area contributed by atoms with Gasteiger partial charge in [-0.2, -0.15) is 0 Å². The Morgan fingerprint density at radius 2 is 1.64 bits per heavy atom. The van der Waals surface area contributed by atoms with E-state index < -0.39 is 10.0 Å². The highest BCUT2D eigenvalue weighted by Crippen LogP contribution is 2.30. The second-order valence-electron chi connectivity index (χ2n) is 8.05. The second kappa shape index (κ2) is 9.41. The van der Waals surface area contributed by atoms with Crippen LogP contribution in [0.4, 0.5) is 5.69 Å². The Labute approximate surface area is 199 Å². The molecule has 2 aromatic heterocycles. The predicted octanol–water partition coefficient (Wildman–Crippen LogP) is 5.59. The van der Waals surface area contributed by atoms with E-state index in [9.17, 15) is 8.42 Å². The standard InChI is InChI=1S/C25H26N4O2S2/c1-17-9-10-26-23(15-17)29-12-11-27-25(29)32-16-21-7-5-6-8-22(21)28-33(30,31)24-19(3)13-18(2)14-20(24)4/h5-15,28H,16H2,1-4H3. The molecule has 33 heavy (non-hydrogen) atoms. The fourth-order valence-electron chi connectivity index (χ4n) is 3.90. The summed E-state index contributed by atoms with van der Waals surface area (Å²) in [5.74, 6) is 1.35. The Bertz CT molecular complexity index is 1390. The molecule has 0 unspecified atom stereocenters. The van der Waals surface area contributed by atoms with Gasteiger partial charge in [0.05, 0.1) is 10.6 Å². The number of benzene rings is 2. The Kier molecular flexibility index (Phi) is 6.58. The van der Waals surface area contributed by atoms with Gasteiger partial charge in [-0.25, -0.2) is 18.4 Å². The number of pyridine rings is 1. The smallest absolute Gasteiger partial charge is 0.262 e. The van der Waals surface area contributed by atoms with Gasteiger partial charge in [0, 0.05) is 24.3 Å². The monoisotopic (exact) mass is 478 g/mol. The van der Waals surface area contributed by atoms with Crippen LogP contribution < -0.4 is 4.72 Å². The molecule has 8 heteroatoms.